The molecule has 0 aliphatic carbocycles. The van der Waals surface area contributed by atoms with Crippen molar-refractivity contribution in [3.05, 3.63) is 0 Å². The van der Waals surface area contributed by atoms with Gasteiger partial charge in [-0.1, -0.05) is 0 Å². The summed E-state index contributed by atoms with van der Waals surface area (Å²) in [6, 6.07) is 0. The molecular formula is C18H36N2O5. The summed E-state index contributed by atoms with van der Waals surface area (Å²) in [4.78, 5) is 0. The molecule has 0 unspecified atom stereocenters. The quantitative estimate of drug-likeness (QED) is 0.439. The molecule has 2 aliphatic rings. The van der Waals surface area contributed by atoms with E-state index in [1.54, 1.807) is 0 Å². The van der Waals surface area contributed by atoms with Gasteiger partial charge in [0.05, 0.1) is 65.1 Å². The summed E-state index contributed by atoms with van der Waals surface area (Å²) in [5.41, 5.74) is 0. The number of ether oxygens (including phenoxy) is 5. The summed E-state index contributed by atoms with van der Waals surface area (Å²) < 4.78 is 28.0. The minimum Gasteiger partial charge on any atom is -0.377 e. The summed E-state index contributed by atoms with van der Waals surface area (Å²) in [7, 11) is 0. The van der Waals surface area contributed by atoms with Crippen LogP contribution in [0.5, 0.6) is 0 Å². The Morgan fingerprint density at radius 3 is 1.16 bits per heavy atom. The van der Waals surface area contributed by atoms with E-state index >= 15 is 0 Å². The van der Waals surface area contributed by atoms with Gasteiger partial charge in [-0.2, -0.15) is 0 Å². The molecule has 0 amide bonds. The Morgan fingerprint density at radius 1 is 0.480 bits per heavy atom. The lowest BCUT2D eigenvalue weighted by Gasteiger charge is -2.22. The topological polar surface area (TPSA) is 70.2 Å². The Hall–Kier alpha value is -0.280. The highest BCUT2D eigenvalue weighted by Gasteiger charge is 2.13. The molecule has 2 rings (SSSR count). The number of rotatable bonds is 14. The van der Waals surface area contributed by atoms with Crippen molar-refractivity contribution >= 4 is 0 Å². The van der Waals surface area contributed by atoms with Gasteiger partial charge < -0.3 is 34.3 Å². The summed E-state index contributed by atoms with van der Waals surface area (Å²) >= 11 is 0. The van der Waals surface area contributed by atoms with Crippen molar-refractivity contribution in [3.8, 4) is 0 Å². The van der Waals surface area contributed by atoms with Gasteiger partial charge in [-0.3, -0.25) is 0 Å². The molecule has 0 aromatic rings. The van der Waals surface area contributed by atoms with Crippen molar-refractivity contribution < 1.29 is 23.7 Å². The lowest BCUT2D eigenvalue weighted by atomic mass is 10.1. The molecule has 2 aliphatic heterocycles. The van der Waals surface area contributed by atoms with Crippen LogP contribution in [0.4, 0.5) is 0 Å². The van der Waals surface area contributed by atoms with E-state index in [1.165, 1.54) is 0 Å². The molecule has 0 bridgehead atoms. The Morgan fingerprint density at radius 2 is 0.800 bits per heavy atom. The van der Waals surface area contributed by atoms with E-state index < -0.39 is 0 Å². The van der Waals surface area contributed by atoms with Crippen LogP contribution in [0.2, 0.25) is 0 Å². The first-order chi connectivity index (χ1) is 12.4. The van der Waals surface area contributed by atoms with Gasteiger partial charge in [-0.15, -0.1) is 0 Å². The standard InChI is InChI=1S/C18H36N2O5/c1-5-19-6-2-17(1)24-15-13-22-11-9-21-10-12-23-14-16-25-18-3-7-20-8-4-18/h17-20H,1-16H2. The molecule has 2 heterocycles. The smallest absolute Gasteiger partial charge is 0.0704 e. The molecule has 0 spiro atoms. The molecule has 2 fully saturated rings. The van der Waals surface area contributed by atoms with Gasteiger partial charge in [0, 0.05) is 0 Å². The molecule has 7 nitrogen and oxygen atoms in total. The van der Waals surface area contributed by atoms with Gasteiger partial charge in [0.25, 0.3) is 0 Å². The van der Waals surface area contributed by atoms with Crippen molar-refractivity contribution in [1.82, 2.24) is 10.6 Å². The van der Waals surface area contributed by atoms with Crippen molar-refractivity contribution in [2.45, 2.75) is 37.9 Å². The van der Waals surface area contributed by atoms with Crippen molar-refractivity contribution in [2.24, 2.45) is 0 Å². The highest BCUT2D eigenvalue weighted by atomic mass is 16.6. The van der Waals surface area contributed by atoms with E-state index in [9.17, 15) is 0 Å². The second-order valence-electron chi connectivity index (χ2n) is 6.48. The van der Waals surface area contributed by atoms with Crippen LogP contribution in [0.1, 0.15) is 25.7 Å². The maximum Gasteiger partial charge on any atom is 0.0704 e. The average Bonchev–Trinajstić information content (AvgIpc) is 2.67. The third-order valence-corrected chi connectivity index (χ3v) is 4.48. The maximum absolute atomic E-state index is 5.77. The lowest BCUT2D eigenvalue weighted by molar-refractivity contribution is -0.0347. The van der Waals surface area contributed by atoms with Crippen LogP contribution >= 0.6 is 0 Å². The summed E-state index contributed by atoms with van der Waals surface area (Å²) in [5.74, 6) is 0. The first-order valence-electron chi connectivity index (χ1n) is 9.83. The van der Waals surface area contributed by atoms with E-state index in [2.05, 4.69) is 10.6 Å². The number of piperidine rings is 2. The molecule has 25 heavy (non-hydrogen) atoms. The predicted molar refractivity (Wildman–Crippen MR) is 96.1 cm³/mol. The van der Waals surface area contributed by atoms with Gasteiger partial charge in [-0.25, -0.2) is 0 Å². The zero-order chi connectivity index (χ0) is 17.4. The Kier molecular flexibility index (Phi) is 12.5. The van der Waals surface area contributed by atoms with Crippen LogP contribution in [0.15, 0.2) is 0 Å². The molecule has 0 aromatic carbocycles. The van der Waals surface area contributed by atoms with Gasteiger partial charge in [0.1, 0.15) is 0 Å². The Balaban J connectivity index is 1.23. The fourth-order valence-corrected chi connectivity index (χ4v) is 3.01. The zero-order valence-electron chi connectivity index (χ0n) is 15.5. The van der Waals surface area contributed by atoms with Crippen LogP contribution in [0.25, 0.3) is 0 Å². The highest BCUT2D eigenvalue weighted by Crippen LogP contribution is 2.07. The molecule has 0 radical (unpaired) electrons. The second kappa shape index (κ2) is 14.8. The molecule has 0 saturated carbocycles. The Labute approximate surface area is 152 Å². The molecule has 2 saturated heterocycles. The molecule has 7 heteroatoms. The van der Waals surface area contributed by atoms with Crippen LogP contribution < -0.4 is 10.6 Å². The first-order valence-corrected chi connectivity index (χ1v) is 9.83. The summed E-state index contributed by atoms with van der Waals surface area (Å²) in [6.45, 7) is 9.27. The minimum atomic E-state index is 0.400. The third-order valence-electron chi connectivity index (χ3n) is 4.48. The fraction of sp³-hybridized carbons (Fsp3) is 1.00. The summed E-state index contributed by atoms with van der Waals surface area (Å²) in [6.07, 6.45) is 5.21. The molecule has 148 valence electrons. The predicted octanol–water partition coefficient (Wildman–Crippen LogP) is 0.573. The zero-order valence-corrected chi connectivity index (χ0v) is 15.5. The first kappa shape index (κ1) is 21.0. The van der Waals surface area contributed by atoms with Crippen LogP contribution in [-0.4, -0.2) is 91.2 Å². The third kappa shape index (κ3) is 11.1. The van der Waals surface area contributed by atoms with Crippen molar-refractivity contribution in [2.75, 3.05) is 79.0 Å². The van der Waals surface area contributed by atoms with E-state index in [0.29, 0.717) is 65.1 Å². The highest BCUT2D eigenvalue weighted by molar-refractivity contribution is 4.68. The van der Waals surface area contributed by atoms with Crippen molar-refractivity contribution in [3.63, 3.8) is 0 Å². The van der Waals surface area contributed by atoms with Crippen LogP contribution in [0.3, 0.4) is 0 Å². The van der Waals surface area contributed by atoms with E-state index in [1.807, 2.05) is 0 Å². The van der Waals surface area contributed by atoms with Gasteiger partial charge in [0.2, 0.25) is 0 Å². The molecular weight excluding hydrogens is 324 g/mol. The molecule has 2 N–H and O–H groups in total. The van der Waals surface area contributed by atoms with Gasteiger partial charge in [-0.05, 0) is 51.9 Å². The van der Waals surface area contributed by atoms with Crippen molar-refractivity contribution in [1.29, 1.82) is 0 Å². The second-order valence-corrected chi connectivity index (χ2v) is 6.48. The molecule has 0 atom stereocenters. The lowest BCUT2D eigenvalue weighted by Crippen LogP contribution is -2.33. The van der Waals surface area contributed by atoms with Crippen LogP contribution in [0, 0.1) is 0 Å². The molecule has 0 aromatic heterocycles. The maximum atomic E-state index is 5.77. The van der Waals surface area contributed by atoms with Crippen LogP contribution in [-0.2, 0) is 23.7 Å². The summed E-state index contributed by atoms with van der Waals surface area (Å²) in [5, 5.41) is 6.66. The average molecular weight is 360 g/mol. The largest absolute Gasteiger partial charge is 0.377 e. The van der Waals surface area contributed by atoms with E-state index in [0.717, 1.165) is 51.9 Å². The minimum absolute atomic E-state index is 0.400. The van der Waals surface area contributed by atoms with Gasteiger partial charge >= 0.3 is 0 Å². The Bertz CT molecular complexity index is 269. The SMILES string of the molecule is C1CC(OCCOCCOCCOCCOC2CCNCC2)CCN1. The fourth-order valence-electron chi connectivity index (χ4n) is 3.01. The normalized spacial score (nSPS) is 20.2. The van der Waals surface area contributed by atoms with E-state index in [4.69, 9.17) is 23.7 Å². The number of nitrogens with one attached hydrogen (secondary N) is 2. The number of hydrogen-bond acceptors (Lipinski definition) is 7. The number of hydrogen-bond donors (Lipinski definition) is 2. The van der Waals surface area contributed by atoms with Gasteiger partial charge in [0.15, 0.2) is 0 Å². The monoisotopic (exact) mass is 360 g/mol. The van der Waals surface area contributed by atoms with E-state index in [-0.39, 0.29) is 0 Å².